The number of carbonyl (C=O) groups is 3. The molecule has 1 aliphatic carbocycles. The number of amides is 3. The number of alkyl carbamates (subject to hydrolysis) is 1. The lowest BCUT2D eigenvalue weighted by molar-refractivity contribution is -0.129. The van der Waals surface area contributed by atoms with E-state index in [0.29, 0.717) is 12.1 Å². The van der Waals surface area contributed by atoms with Crippen molar-refractivity contribution in [2.45, 2.75) is 71.3 Å². The lowest BCUT2D eigenvalue weighted by Gasteiger charge is -2.28. The maximum atomic E-state index is 14.0. The van der Waals surface area contributed by atoms with Crippen molar-refractivity contribution in [2.24, 2.45) is 11.8 Å². The van der Waals surface area contributed by atoms with Crippen molar-refractivity contribution in [3.05, 3.63) is 71.8 Å². The zero-order valence-electron chi connectivity index (χ0n) is 25.2. The minimum atomic E-state index is -3.20. The van der Waals surface area contributed by atoms with E-state index >= 15 is 0 Å². The molecular formula is C32H46N3O7P. The van der Waals surface area contributed by atoms with Gasteiger partial charge in [0.05, 0.1) is 18.9 Å². The van der Waals surface area contributed by atoms with Crippen LogP contribution in [0.2, 0.25) is 0 Å². The summed E-state index contributed by atoms with van der Waals surface area (Å²) in [4.78, 5) is 37.4. The largest absolute Gasteiger partial charge is 0.445 e. The highest BCUT2D eigenvalue weighted by Gasteiger charge is 2.32. The van der Waals surface area contributed by atoms with Crippen molar-refractivity contribution in [2.75, 3.05) is 25.4 Å². The van der Waals surface area contributed by atoms with E-state index in [1.165, 1.54) is 6.42 Å². The molecule has 0 radical (unpaired) electrons. The fourth-order valence-corrected chi connectivity index (χ4v) is 7.78. The summed E-state index contributed by atoms with van der Waals surface area (Å²) in [6.45, 7) is 3.32. The highest BCUT2D eigenvalue weighted by Crippen LogP contribution is 2.51. The fourth-order valence-electron chi connectivity index (χ4n) is 5.11. The summed E-state index contributed by atoms with van der Waals surface area (Å²) in [6.07, 6.45) is 3.91. The van der Waals surface area contributed by atoms with E-state index in [4.69, 9.17) is 9.26 Å². The number of hydrogen-bond acceptors (Lipinski definition) is 7. The van der Waals surface area contributed by atoms with E-state index in [9.17, 15) is 24.1 Å². The average molecular weight is 616 g/mol. The second-order valence-electron chi connectivity index (χ2n) is 11.5. The zero-order chi connectivity index (χ0) is 31.1. The normalized spacial score (nSPS) is 16.5. The molecule has 1 aliphatic rings. The number of hydrogen-bond donors (Lipinski definition) is 4. The maximum Gasteiger partial charge on any atom is 0.407 e. The van der Waals surface area contributed by atoms with Gasteiger partial charge in [0.1, 0.15) is 19.2 Å². The standard InChI is InChI=1S/C32H46N3O7P/c1-24(2)30(35-29(37)19-34-32(39)41-20-25-12-6-3-7-13-25)31(38)33-18-28(36)23-43(40,22-27-16-10-5-11-17-27)42-21-26-14-8-4-9-15-26/h3-4,6-9,12-15,24,27-28,30,36H,5,10-11,16-23H2,1-2H3,(H,33,38)(H,34,39)(H,35,37)/t28-,30+,43?/m1/s1. The summed E-state index contributed by atoms with van der Waals surface area (Å²) in [5, 5.41) is 18.5. The molecule has 0 heterocycles. The number of nitrogens with one attached hydrogen (secondary N) is 3. The highest BCUT2D eigenvalue weighted by molar-refractivity contribution is 7.59. The average Bonchev–Trinajstić information content (AvgIpc) is 3.01. The van der Waals surface area contributed by atoms with Gasteiger partial charge in [-0.05, 0) is 35.8 Å². The van der Waals surface area contributed by atoms with Crippen molar-refractivity contribution >= 4 is 25.3 Å². The molecular weight excluding hydrogens is 569 g/mol. The number of carbonyl (C=O) groups excluding carboxylic acids is 3. The minimum absolute atomic E-state index is 0.0651. The van der Waals surface area contributed by atoms with Gasteiger partial charge in [-0.2, -0.15) is 0 Å². The summed E-state index contributed by atoms with van der Waals surface area (Å²) in [5.74, 6) is -1.02. The highest BCUT2D eigenvalue weighted by atomic mass is 31.2. The SMILES string of the molecule is CC(C)[C@H](NC(=O)CNC(=O)OCc1ccccc1)C(=O)NC[C@@H](O)CP(=O)(CC1CCCCC1)OCc1ccccc1. The van der Waals surface area contributed by atoms with Crippen molar-refractivity contribution < 1.29 is 33.3 Å². The summed E-state index contributed by atoms with van der Waals surface area (Å²) in [6, 6.07) is 17.8. The van der Waals surface area contributed by atoms with E-state index in [1.54, 1.807) is 13.8 Å². The summed E-state index contributed by atoms with van der Waals surface area (Å²) >= 11 is 0. The molecule has 2 aromatic carbocycles. The second kappa shape index (κ2) is 17.8. The Balaban J connectivity index is 1.47. The molecule has 3 atom stereocenters. The van der Waals surface area contributed by atoms with Gasteiger partial charge in [0.25, 0.3) is 0 Å². The third kappa shape index (κ3) is 12.9. The zero-order valence-corrected chi connectivity index (χ0v) is 26.1. The van der Waals surface area contributed by atoms with E-state index in [2.05, 4.69) is 16.0 Å². The van der Waals surface area contributed by atoms with Gasteiger partial charge < -0.3 is 30.3 Å². The molecule has 0 aliphatic heterocycles. The molecule has 0 bridgehead atoms. The summed E-state index contributed by atoms with van der Waals surface area (Å²) in [7, 11) is -3.20. The summed E-state index contributed by atoms with van der Waals surface area (Å²) < 4.78 is 25.1. The van der Waals surface area contributed by atoms with Gasteiger partial charge >= 0.3 is 6.09 Å². The van der Waals surface area contributed by atoms with Crippen LogP contribution in [0.1, 0.15) is 57.1 Å². The quantitative estimate of drug-likeness (QED) is 0.202. The van der Waals surface area contributed by atoms with E-state index < -0.39 is 37.4 Å². The molecule has 11 heteroatoms. The smallest absolute Gasteiger partial charge is 0.407 e. The Morgan fingerprint density at radius 3 is 2.12 bits per heavy atom. The maximum absolute atomic E-state index is 14.0. The van der Waals surface area contributed by atoms with Gasteiger partial charge in [-0.25, -0.2) is 4.79 Å². The third-order valence-electron chi connectivity index (χ3n) is 7.44. The molecule has 4 N–H and O–H groups in total. The van der Waals surface area contributed by atoms with Crippen molar-refractivity contribution in [1.82, 2.24) is 16.0 Å². The Morgan fingerprint density at radius 1 is 0.907 bits per heavy atom. The summed E-state index contributed by atoms with van der Waals surface area (Å²) in [5.41, 5.74) is 1.72. The number of ether oxygens (including phenoxy) is 1. The second-order valence-corrected chi connectivity index (χ2v) is 14.2. The lowest BCUT2D eigenvalue weighted by Crippen LogP contribution is -2.53. The molecule has 43 heavy (non-hydrogen) atoms. The van der Waals surface area contributed by atoms with E-state index in [0.717, 1.165) is 36.8 Å². The first-order chi connectivity index (χ1) is 20.6. The van der Waals surface area contributed by atoms with Gasteiger partial charge in [0.2, 0.25) is 19.2 Å². The molecule has 0 spiro atoms. The van der Waals surface area contributed by atoms with Gasteiger partial charge in [-0.1, -0.05) is 93.8 Å². The topological polar surface area (TPSA) is 143 Å². The molecule has 1 fully saturated rings. The Kier molecular flexibility index (Phi) is 14.2. The molecule has 3 rings (SSSR count). The Morgan fingerprint density at radius 2 is 1.51 bits per heavy atom. The molecule has 2 aromatic rings. The number of aliphatic hydroxyl groups excluding tert-OH is 1. The molecule has 1 saturated carbocycles. The lowest BCUT2D eigenvalue weighted by atomic mass is 9.91. The van der Waals surface area contributed by atoms with Gasteiger partial charge in [-0.3, -0.25) is 14.2 Å². The first-order valence-electron chi connectivity index (χ1n) is 15.1. The first-order valence-corrected chi connectivity index (χ1v) is 17.1. The van der Waals surface area contributed by atoms with Crippen LogP contribution in [0.5, 0.6) is 0 Å². The predicted molar refractivity (Wildman–Crippen MR) is 166 cm³/mol. The first kappa shape index (κ1) is 34.3. The molecule has 3 amide bonds. The van der Waals surface area contributed by atoms with Crippen molar-refractivity contribution in [3.63, 3.8) is 0 Å². The predicted octanol–water partition coefficient (Wildman–Crippen LogP) is 4.61. The Hall–Kier alpha value is -3.20. The number of aliphatic hydroxyl groups is 1. The monoisotopic (exact) mass is 615 g/mol. The van der Waals surface area contributed by atoms with Crippen molar-refractivity contribution in [3.8, 4) is 0 Å². The molecule has 236 valence electrons. The molecule has 10 nitrogen and oxygen atoms in total. The van der Waals surface area contributed by atoms with Crippen molar-refractivity contribution in [1.29, 1.82) is 0 Å². The fraction of sp³-hybridized carbons (Fsp3) is 0.531. The van der Waals surface area contributed by atoms with Crippen LogP contribution in [-0.2, 0) is 36.6 Å². The van der Waals surface area contributed by atoms with Crippen LogP contribution in [0, 0.1) is 11.8 Å². The number of rotatable bonds is 16. The Labute approximate surface area is 254 Å². The molecule has 1 unspecified atom stereocenters. The van der Waals surface area contributed by atoms with Gasteiger partial charge in [0, 0.05) is 12.7 Å². The number of benzene rings is 2. The van der Waals surface area contributed by atoms with Crippen LogP contribution in [0.15, 0.2) is 60.7 Å². The van der Waals surface area contributed by atoms with Crippen LogP contribution in [0.3, 0.4) is 0 Å². The minimum Gasteiger partial charge on any atom is -0.445 e. The molecule has 0 saturated heterocycles. The molecule has 0 aromatic heterocycles. The van der Waals surface area contributed by atoms with Crippen LogP contribution >= 0.6 is 7.37 Å². The van der Waals surface area contributed by atoms with Crippen LogP contribution < -0.4 is 16.0 Å². The Bertz CT molecular complexity index is 1190. The van der Waals surface area contributed by atoms with Crippen LogP contribution in [0.25, 0.3) is 0 Å². The third-order valence-corrected chi connectivity index (χ3v) is 10.1. The van der Waals surface area contributed by atoms with Crippen LogP contribution in [0.4, 0.5) is 4.79 Å². The van der Waals surface area contributed by atoms with Crippen LogP contribution in [-0.4, -0.2) is 60.6 Å². The van der Waals surface area contributed by atoms with E-state index in [1.807, 2.05) is 60.7 Å². The van der Waals surface area contributed by atoms with Gasteiger partial charge in [-0.15, -0.1) is 0 Å². The van der Waals surface area contributed by atoms with E-state index in [-0.39, 0.29) is 38.4 Å². The van der Waals surface area contributed by atoms with Gasteiger partial charge in [0.15, 0.2) is 0 Å².